The fraction of sp³-hybridized carbons (Fsp3) is 0.364. The molecule has 0 aliphatic rings. The Morgan fingerprint density at radius 1 is 1.47 bits per heavy atom. The Labute approximate surface area is 113 Å². The van der Waals surface area contributed by atoms with E-state index in [1.807, 2.05) is 0 Å². The number of carbonyl (C=O) groups excluding carboxylic acids is 2. The zero-order chi connectivity index (χ0) is 14.4. The van der Waals surface area contributed by atoms with Gasteiger partial charge >= 0.3 is 18.0 Å². The highest BCUT2D eigenvalue weighted by molar-refractivity contribution is 7.14. The van der Waals surface area contributed by atoms with Crippen LogP contribution in [0.15, 0.2) is 11.4 Å². The van der Waals surface area contributed by atoms with Gasteiger partial charge in [-0.25, -0.2) is 9.59 Å². The number of hydrogen-bond donors (Lipinski definition) is 2. The lowest BCUT2D eigenvalue weighted by Gasteiger charge is -2.16. The number of carboxylic acids is 1. The molecule has 0 aromatic carbocycles. The summed E-state index contributed by atoms with van der Waals surface area (Å²) in [6, 6.07) is 0.825. The normalized spacial score (nSPS) is 9.79. The van der Waals surface area contributed by atoms with Crippen molar-refractivity contribution >= 4 is 34.3 Å². The van der Waals surface area contributed by atoms with Crippen LogP contribution in [0.2, 0.25) is 0 Å². The molecule has 2 N–H and O–H groups in total. The summed E-state index contributed by atoms with van der Waals surface area (Å²) in [6.07, 6.45) is 0. The molecule has 2 amide bonds. The summed E-state index contributed by atoms with van der Waals surface area (Å²) in [6.45, 7) is 1.71. The fourth-order valence-electron chi connectivity index (χ4n) is 1.24. The first kappa shape index (κ1) is 15.0. The molecule has 1 rings (SSSR count). The molecule has 1 aromatic rings. The van der Waals surface area contributed by atoms with E-state index in [9.17, 15) is 14.4 Å². The number of thiophene rings is 1. The molecule has 0 saturated carbocycles. The molecule has 104 valence electrons. The largest absolute Gasteiger partial charge is 0.478 e. The quantitative estimate of drug-likeness (QED) is 0.799. The van der Waals surface area contributed by atoms with Crippen LogP contribution in [0.3, 0.4) is 0 Å². The summed E-state index contributed by atoms with van der Waals surface area (Å²) in [5.74, 6) is -1.64. The molecule has 1 aromatic heterocycles. The maximum atomic E-state index is 11.7. The first-order valence-corrected chi connectivity index (χ1v) is 6.32. The van der Waals surface area contributed by atoms with E-state index in [-0.39, 0.29) is 23.7 Å². The number of rotatable bonds is 5. The number of ether oxygens (including phenoxy) is 1. The Morgan fingerprint density at radius 2 is 2.16 bits per heavy atom. The van der Waals surface area contributed by atoms with Crippen LogP contribution in [0.4, 0.5) is 9.80 Å². The van der Waals surface area contributed by atoms with Gasteiger partial charge in [0.15, 0.2) is 0 Å². The van der Waals surface area contributed by atoms with Gasteiger partial charge in [-0.05, 0) is 18.4 Å². The predicted octanol–water partition coefficient (Wildman–Crippen LogP) is 1.47. The second-order valence-electron chi connectivity index (χ2n) is 3.56. The van der Waals surface area contributed by atoms with Gasteiger partial charge in [-0.1, -0.05) is 0 Å². The number of aromatic carboxylic acids is 1. The van der Waals surface area contributed by atoms with E-state index in [2.05, 4.69) is 5.32 Å². The monoisotopic (exact) mass is 286 g/mol. The Bertz CT molecular complexity index is 485. The average molecular weight is 286 g/mol. The summed E-state index contributed by atoms with van der Waals surface area (Å²) < 4.78 is 4.71. The van der Waals surface area contributed by atoms with E-state index in [4.69, 9.17) is 9.84 Å². The third-order valence-electron chi connectivity index (χ3n) is 2.13. The van der Waals surface area contributed by atoms with Crippen LogP contribution in [0.5, 0.6) is 0 Å². The molecule has 8 heteroatoms. The van der Waals surface area contributed by atoms with Crippen molar-refractivity contribution in [3.05, 3.63) is 17.0 Å². The SMILES string of the molecule is CCOC(=O)CN(C)C(=O)Nc1sccc1C(=O)O. The Kier molecular flexibility index (Phi) is 5.31. The number of esters is 1. The van der Waals surface area contributed by atoms with Crippen LogP contribution in [-0.4, -0.2) is 48.2 Å². The minimum atomic E-state index is -1.12. The highest BCUT2D eigenvalue weighted by atomic mass is 32.1. The number of carbonyl (C=O) groups is 3. The first-order chi connectivity index (χ1) is 8.95. The maximum absolute atomic E-state index is 11.7. The average Bonchev–Trinajstić information content (AvgIpc) is 2.77. The molecule has 0 aliphatic carbocycles. The smallest absolute Gasteiger partial charge is 0.338 e. The maximum Gasteiger partial charge on any atom is 0.338 e. The number of amides is 2. The number of nitrogens with one attached hydrogen (secondary N) is 1. The fourth-order valence-corrected chi connectivity index (χ4v) is 2.01. The van der Waals surface area contributed by atoms with Crippen molar-refractivity contribution < 1.29 is 24.2 Å². The molecule has 7 nitrogen and oxygen atoms in total. The summed E-state index contributed by atoms with van der Waals surface area (Å²) in [7, 11) is 1.42. The molecule has 0 saturated heterocycles. The van der Waals surface area contributed by atoms with E-state index >= 15 is 0 Å². The second kappa shape index (κ2) is 6.74. The van der Waals surface area contributed by atoms with E-state index in [1.165, 1.54) is 13.1 Å². The Morgan fingerprint density at radius 3 is 2.74 bits per heavy atom. The van der Waals surface area contributed by atoms with Gasteiger partial charge in [-0.15, -0.1) is 11.3 Å². The lowest BCUT2D eigenvalue weighted by atomic mass is 10.3. The van der Waals surface area contributed by atoms with Crippen LogP contribution in [0, 0.1) is 0 Å². The van der Waals surface area contributed by atoms with Crippen LogP contribution in [0.25, 0.3) is 0 Å². The number of hydrogen-bond acceptors (Lipinski definition) is 5. The van der Waals surface area contributed by atoms with Crippen LogP contribution >= 0.6 is 11.3 Å². The molecule has 0 aliphatic heterocycles. The van der Waals surface area contributed by atoms with Gasteiger partial charge in [-0.2, -0.15) is 0 Å². The minimum Gasteiger partial charge on any atom is -0.478 e. The minimum absolute atomic E-state index is 0.0166. The Balaban J connectivity index is 2.61. The molecule has 0 fully saturated rings. The first-order valence-electron chi connectivity index (χ1n) is 5.44. The van der Waals surface area contributed by atoms with Crippen molar-refractivity contribution in [3.63, 3.8) is 0 Å². The van der Waals surface area contributed by atoms with Gasteiger partial charge in [0.2, 0.25) is 0 Å². The number of anilines is 1. The van der Waals surface area contributed by atoms with Crippen LogP contribution < -0.4 is 5.32 Å². The number of likely N-dealkylation sites (N-methyl/N-ethyl adjacent to an activating group) is 1. The molecule has 0 radical (unpaired) electrons. The lowest BCUT2D eigenvalue weighted by molar-refractivity contribution is -0.143. The molecule has 19 heavy (non-hydrogen) atoms. The molecule has 0 bridgehead atoms. The third-order valence-corrected chi connectivity index (χ3v) is 2.96. The van der Waals surface area contributed by atoms with Gasteiger partial charge in [0.05, 0.1) is 12.2 Å². The van der Waals surface area contributed by atoms with E-state index in [0.717, 1.165) is 16.2 Å². The predicted molar refractivity (Wildman–Crippen MR) is 69.6 cm³/mol. The Hall–Kier alpha value is -2.09. The summed E-state index contributed by atoms with van der Waals surface area (Å²) >= 11 is 1.10. The molecule has 0 atom stereocenters. The van der Waals surface area contributed by atoms with Gasteiger partial charge in [-0.3, -0.25) is 10.1 Å². The van der Waals surface area contributed by atoms with Gasteiger partial charge in [0, 0.05) is 7.05 Å². The second-order valence-corrected chi connectivity index (χ2v) is 4.48. The molecule has 0 spiro atoms. The zero-order valence-electron chi connectivity index (χ0n) is 10.5. The van der Waals surface area contributed by atoms with Gasteiger partial charge < -0.3 is 14.7 Å². The summed E-state index contributed by atoms with van der Waals surface area (Å²) in [5, 5.41) is 13.1. The molecule has 1 heterocycles. The number of urea groups is 1. The van der Waals surface area contributed by atoms with Crippen molar-refractivity contribution in [1.29, 1.82) is 0 Å². The van der Waals surface area contributed by atoms with Crippen molar-refractivity contribution in [2.45, 2.75) is 6.92 Å². The van der Waals surface area contributed by atoms with Crippen molar-refractivity contribution in [3.8, 4) is 0 Å². The standard InChI is InChI=1S/C11H14N2O5S/c1-3-18-8(14)6-13(2)11(17)12-9-7(10(15)16)4-5-19-9/h4-5H,3,6H2,1-2H3,(H,12,17)(H,15,16). The third kappa shape index (κ3) is 4.25. The van der Waals surface area contributed by atoms with Crippen LogP contribution in [-0.2, 0) is 9.53 Å². The molecular weight excluding hydrogens is 272 g/mol. The summed E-state index contributed by atoms with van der Waals surface area (Å²) in [5.41, 5.74) is 0.0166. The zero-order valence-corrected chi connectivity index (χ0v) is 11.3. The molecular formula is C11H14N2O5S. The topological polar surface area (TPSA) is 95.9 Å². The van der Waals surface area contributed by atoms with Gasteiger partial charge in [0.1, 0.15) is 11.5 Å². The lowest BCUT2D eigenvalue weighted by Crippen LogP contribution is -2.36. The van der Waals surface area contributed by atoms with E-state index in [0.29, 0.717) is 0 Å². The van der Waals surface area contributed by atoms with E-state index in [1.54, 1.807) is 12.3 Å². The van der Waals surface area contributed by atoms with Gasteiger partial charge in [0.25, 0.3) is 0 Å². The van der Waals surface area contributed by atoms with Crippen molar-refractivity contribution in [2.75, 3.05) is 25.5 Å². The van der Waals surface area contributed by atoms with Crippen molar-refractivity contribution in [1.82, 2.24) is 4.90 Å². The number of nitrogens with zero attached hydrogens (tertiary/aromatic N) is 1. The molecule has 0 unspecified atom stereocenters. The highest BCUT2D eigenvalue weighted by Crippen LogP contribution is 2.23. The van der Waals surface area contributed by atoms with Crippen molar-refractivity contribution in [2.24, 2.45) is 0 Å². The number of carboxylic acid groups (broad SMARTS) is 1. The van der Waals surface area contributed by atoms with Crippen LogP contribution in [0.1, 0.15) is 17.3 Å². The van der Waals surface area contributed by atoms with E-state index < -0.39 is 18.0 Å². The summed E-state index contributed by atoms with van der Waals surface area (Å²) in [4.78, 5) is 34.9. The highest BCUT2D eigenvalue weighted by Gasteiger charge is 2.17.